The maximum absolute atomic E-state index is 12.6. The minimum absolute atomic E-state index is 0.230. The molecule has 2 aromatic rings. The van der Waals surface area contributed by atoms with Gasteiger partial charge in [-0.3, -0.25) is 9.69 Å². The number of nitrogens with zero attached hydrogens (tertiary/aromatic N) is 3. The summed E-state index contributed by atoms with van der Waals surface area (Å²) in [6, 6.07) is 7.53. The average molecular weight is 515 g/mol. The molecule has 1 N–H and O–H groups in total. The van der Waals surface area contributed by atoms with Crippen LogP contribution < -0.4 is 5.56 Å². The van der Waals surface area contributed by atoms with Gasteiger partial charge in [-0.2, -0.15) is 0 Å². The fourth-order valence-corrected chi connectivity index (χ4v) is 4.32. The Hall–Kier alpha value is -1.84. The molecule has 0 aliphatic carbocycles. The summed E-state index contributed by atoms with van der Waals surface area (Å²) in [6.07, 6.45) is 1.38. The van der Waals surface area contributed by atoms with Crippen LogP contribution in [-0.2, 0) is 17.8 Å². The highest BCUT2D eigenvalue weighted by atomic mass is 79.9. The van der Waals surface area contributed by atoms with Crippen LogP contribution in [0.1, 0.15) is 11.1 Å². The highest BCUT2D eigenvalue weighted by molar-refractivity contribution is 9.11. The molecule has 1 saturated heterocycles. The number of pyridine rings is 1. The molecule has 1 amide bonds. The minimum Gasteiger partial charge on any atom is -0.503 e. The maximum Gasteiger partial charge on any atom is 0.409 e. The molecule has 150 valence electrons. The predicted molar refractivity (Wildman–Crippen MR) is 113 cm³/mol. The Morgan fingerprint density at radius 1 is 1.11 bits per heavy atom. The van der Waals surface area contributed by atoms with Crippen molar-refractivity contribution in [1.82, 2.24) is 14.4 Å². The van der Waals surface area contributed by atoms with Gasteiger partial charge in [0.1, 0.15) is 0 Å². The summed E-state index contributed by atoms with van der Waals surface area (Å²) < 4.78 is 8.06. The average Bonchev–Trinajstić information content (AvgIpc) is 2.69. The number of carbonyl (C=O) groups is 1. The zero-order valence-corrected chi connectivity index (χ0v) is 18.6. The predicted octanol–water partition coefficient (Wildman–Crippen LogP) is 3.01. The van der Waals surface area contributed by atoms with E-state index in [-0.39, 0.29) is 11.8 Å². The fraction of sp³-hybridized carbons (Fsp3) is 0.368. The highest BCUT2D eigenvalue weighted by Gasteiger charge is 2.22. The molecule has 1 aliphatic heterocycles. The molecular weight excluding hydrogens is 494 g/mol. The first-order valence-electron chi connectivity index (χ1n) is 8.79. The summed E-state index contributed by atoms with van der Waals surface area (Å²) in [6.45, 7) is 3.24. The van der Waals surface area contributed by atoms with E-state index >= 15 is 0 Å². The second-order valence-electron chi connectivity index (χ2n) is 6.59. The smallest absolute Gasteiger partial charge is 0.409 e. The van der Waals surface area contributed by atoms with E-state index in [1.54, 1.807) is 17.2 Å². The van der Waals surface area contributed by atoms with Crippen LogP contribution >= 0.6 is 31.9 Å². The summed E-state index contributed by atoms with van der Waals surface area (Å²) in [4.78, 5) is 27.9. The Kier molecular flexibility index (Phi) is 6.79. The van der Waals surface area contributed by atoms with Gasteiger partial charge < -0.3 is 19.3 Å². The lowest BCUT2D eigenvalue weighted by Gasteiger charge is -2.33. The van der Waals surface area contributed by atoms with Crippen molar-refractivity contribution in [2.24, 2.45) is 0 Å². The third-order valence-electron chi connectivity index (χ3n) is 4.78. The molecule has 1 aliphatic rings. The van der Waals surface area contributed by atoms with Gasteiger partial charge in [-0.1, -0.05) is 37.9 Å². The Morgan fingerprint density at radius 2 is 1.82 bits per heavy atom. The van der Waals surface area contributed by atoms with Crippen LogP contribution in [0.4, 0.5) is 4.79 Å². The topological polar surface area (TPSA) is 75.0 Å². The first kappa shape index (κ1) is 20.9. The SMILES string of the molecule is COC(=O)N1CCN(Cc2ccn(Cc3ccc(Br)cc3Br)c(=O)c2O)CC1. The highest BCUT2D eigenvalue weighted by Crippen LogP contribution is 2.23. The largest absolute Gasteiger partial charge is 0.503 e. The summed E-state index contributed by atoms with van der Waals surface area (Å²) in [5.74, 6) is -0.230. The van der Waals surface area contributed by atoms with Crippen LogP contribution in [0.15, 0.2) is 44.2 Å². The van der Waals surface area contributed by atoms with Crippen molar-refractivity contribution in [1.29, 1.82) is 0 Å². The van der Waals surface area contributed by atoms with E-state index in [9.17, 15) is 14.7 Å². The van der Waals surface area contributed by atoms with Crippen LogP contribution in [0.2, 0.25) is 0 Å². The number of benzene rings is 1. The zero-order chi connectivity index (χ0) is 20.3. The molecule has 1 aromatic carbocycles. The monoisotopic (exact) mass is 513 g/mol. The maximum atomic E-state index is 12.6. The van der Waals surface area contributed by atoms with Gasteiger partial charge in [-0.15, -0.1) is 0 Å². The van der Waals surface area contributed by atoms with E-state index in [1.165, 1.54) is 11.7 Å². The number of aromatic nitrogens is 1. The van der Waals surface area contributed by atoms with Crippen LogP contribution in [0, 0.1) is 0 Å². The number of rotatable bonds is 4. The molecule has 0 spiro atoms. The molecule has 7 nitrogen and oxygen atoms in total. The Bertz CT molecular complexity index is 924. The number of methoxy groups -OCH3 is 1. The lowest BCUT2D eigenvalue weighted by atomic mass is 10.2. The van der Waals surface area contributed by atoms with Gasteiger partial charge >= 0.3 is 6.09 Å². The standard InChI is InChI=1S/C19H21Br2N3O4/c1-28-19(27)23-8-6-22(7-9-23)11-14-4-5-24(18(26)17(14)25)12-13-2-3-15(20)10-16(13)21/h2-5,10,25H,6-9,11-12H2,1H3. The third-order valence-corrected chi connectivity index (χ3v) is 6.01. The van der Waals surface area contributed by atoms with E-state index in [2.05, 4.69) is 36.8 Å². The molecule has 9 heteroatoms. The molecule has 0 saturated carbocycles. The van der Waals surface area contributed by atoms with E-state index in [1.807, 2.05) is 18.2 Å². The van der Waals surface area contributed by atoms with Crippen molar-refractivity contribution in [2.75, 3.05) is 33.3 Å². The molecule has 0 radical (unpaired) electrons. The summed E-state index contributed by atoms with van der Waals surface area (Å²) in [5, 5.41) is 10.4. The summed E-state index contributed by atoms with van der Waals surface area (Å²) >= 11 is 6.90. The minimum atomic E-state index is -0.416. The molecule has 0 unspecified atom stereocenters. The van der Waals surface area contributed by atoms with Gasteiger partial charge in [0.2, 0.25) is 0 Å². The van der Waals surface area contributed by atoms with E-state index in [4.69, 9.17) is 4.74 Å². The number of ether oxygens (including phenoxy) is 1. The second kappa shape index (κ2) is 9.11. The van der Waals surface area contributed by atoms with Gasteiger partial charge in [0.15, 0.2) is 5.75 Å². The molecular formula is C19H21Br2N3O4. The van der Waals surface area contributed by atoms with Crippen LogP contribution in [0.25, 0.3) is 0 Å². The van der Waals surface area contributed by atoms with Gasteiger partial charge in [0.25, 0.3) is 5.56 Å². The molecule has 0 atom stereocenters. The van der Waals surface area contributed by atoms with E-state index < -0.39 is 5.56 Å². The lowest BCUT2D eigenvalue weighted by molar-refractivity contribution is 0.0885. The Balaban J connectivity index is 1.69. The van der Waals surface area contributed by atoms with E-state index in [0.717, 1.165) is 14.5 Å². The van der Waals surface area contributed by atoms with Crippen molar-refractivity contribution in [3.63, 3.8) is 0 Å². The first-order chi connectivity index (χ1) is 13.4. The first-order valence-corrected chi connectivity index (χ1v) is 10.4. The van der Waals surface area contributed by atoms with Crippen molar-refractivity contribution in [3.05, 3.63) is 60.9 Å². The summed E-state index contributed by atoms with van der Waals surface area (Å²) in [7, 11) is 1.37. The molecule has 1 fully saturated rings. The van der Waals surface area contributed by atoms with Crippen molar-refractivity contribution < 1.29 is 14.6 Å². The van der Waals surface area contributed by atoms with Gasteiger partial charge in [0.05, 0.1) is 13.7 Å². The van der Waals surface area contributed by atoms with Gasteiger partial charge in [-0.25, -0.2) is 4.79 Å². The quantitative estimate of drug-likeness (QED) is 0.678. The molecule has 28 heavy (non-hydrogen) atoms. The van der Waals surface area contributed by atoms with Crippen molar-refractivity contribution in [3.8, 4) is 5.75 Å². The van der Waals surface area contributed by atoms with Crippen molar-refractivity contribution >= 4 is 38.0 Å². The van der Waals surface area contributed by atoms with Crippen LogP contribution in [0.3, 0.4) is 0 Å². The molecule has 3 rings (SSSR count). The zero-order valence-electron chi connectivity index (χ0n) is 15.4. The van der Waals surface area contributed by atoms with Gasteiger partial charge in [-0.05, 0) is 23.8 Å². The number of aromatic hydroxyl groups is 1. The number of carbonyl (C=O) groups excluding carboxylic acids is 1. The second-order valence-corrected chi connectivity index (χ2v) is 8.36. The van der Waals surface area contributed by atoms with Crippen LogP contribution in [-0.4, -0.2) is 58.9 Å². The number of halogens is 2. The van der Waals surface area contributed by atoms with E-state index in [0.29, 0.717) is 44.8 Å². The third kappa shape index (κ3) is 4.76. The number of piperazine rings is 1. The normalized spacial score (nSPS) is 14.9. The Morgan fingerprint density at radius 3 is 2.46 bits per heavy atom. The molecule has 2 heterocycles. The number of hydrogen-bond acceptors (Lipinski definition) is 5. The Labute approximate surface area is 179 Å². The summed E-state index contributed by atoms with van der Waals surface area (Å²) in [5.41, 5.74) is 1.11. The molecule has 1 aromatic heterocycles. The number of amides is 1. The fourth-order valence-electron chi connectivity index (χ4n) is 3.14. The van der Waals surface area contributed by atoms with Crippen molar-refractivity contribution in [2.45, 2.75) is 13.1 Å². The van der Waals surface area contributed by atoms with Gasteiger partial charge in [0, 0.05) is 53.4 Å². The lowest BCUT2D eigenvalue weighted by Crippen LogP contribution is -2.48. The van der Waals surface area contributed by atoms with Crippen LogP contribution in [0.5, 0.6) is 5.75 Å². The molecule has 0 bridgehead atoms. The number of hydrogen-bond donors (Lipinski definition) is 1.